The van der Waals surface area contributed by atoms with Crippen LogP contribution in [0.1, 0.15) is 24.1 Å². The first kappa shape index (κ1) is 16.6. The van der Waals surface area contributed by atoms with Crippen LogP contribution >= 0.6 is 11.6 Å². The van der Waals surface area contributed by atoms with Gasteiger partial charge in [-0.15, -0.1) is 11.6 Å². The number of nitrogens with one attached hydrogen (secondary N) is 2. The molecule has 4 nitrogen and oxygen atoms in total. The molecule has 2 aromatic heterocycles. The zero-order valence-corrected chi connectivity index (χ0v) is 15.2. The Hall–Kier alpha value is -2.85. The van der Waals surface area contributed by atoms with E-state index in [1.165, 1.54) is 5.56 Å². The number of aromatic nitrogens is 3. The summed E-state index contributed by atoms with van der Waals surface area (Å²) in [5.41, 5.74) is 5.20. The fraction of sp³-hybridized carbons (Fsp3) is 0.143. The molecular formula is C21H19ClN4. The molecule has 130 valence electrons. The molecule has 0 aliphatic rings. The summed E-state index contributed by atoms with van der Waals surface area (Å²) in [7, 11) is 0. The predicted octanol–water partition coefficient (Wildman–Crippen LogP) is 5.54. The van der Waals surface area contributed by atoms with Crippen LogP contribution in [0.4, 0.5) is 5.82 Å². The summed E-state index contributed by atoms with van der Waals surface area (Å²) in [4.78, 5) is 12.2. The van der Waals surface area contributed by atoms with Gasteiger partial charge in [0.25, 0.3) is 0 Å². The van der Waals surface area contributed by atoms with Gasteiger partial charge in [-0.1, -0.05) is 48.5 Å². The Bertz CT molecular complexity index is 1030. The topological polar surface area (TPSA) is 53.6 Å². The number of aromatic amines is 1. The molecule has 0 bridgehead atoms. The minimum Gasteiger partial charge on any atom is -0.363 e. The zero-order chi connectivity index (χ0) is 17.9. The molecule has 0 saturated carbocycles. The van der Waals surface area contributed by atoms with Crippen LogP contribution in [0, 0.1) is 0 Å². The van der Waals surface area contributed by atoms with Gasteiger partial charge in [-0.25, -0.2) is 9.97 Å². The Morgan fingerprint density at radius 3 is 2.69 bits per heavy atom. The smallest absolute Gasteiger partial charge is 0.143 e. The first-order chi connectivity index (χ1) is 12.7. The predicted molar refractivity (Wildman–Crippen MR) is 107 cm³/mol. The van der Waals surface area contributed by atoms with Gasteiger partial charge in [-0.05, 0) is 35.7 Å². The van der Waals surface area contributed by atoms with E-state index >= 15 is 0 Å². The van der Waals surface area contributed by atoms with Crippen molar-refractivity contribution in [2.45, 2.75) is 18.8 Å². The van der Waals surface area contributed by atoms with Crippen molar-refractivity contribution in [3.05, 3.63) is 78.1 Å². The monoisotopic (exact) mass is 362 g/mol. The highest BCUT2D eigenvalue weighted by molar-refractivity contribution is 6.17. The third kappa shape index (κ3) is 3.28. The summed E-state index contributed by atoms with van der Waals surface area (Å²) in [6, 6.07) is 20.7. The maximum Gasteiger partial charge on any atom is 0.143 e. The first-order valence-corrected chi connectivity index (χ1v) is 9.08. The van der Waals surface area contributed by atoms with Crippen molar-refractivity contribution in [1.29, 1.82) is 0 Å². The molecule has 0 amide bonds. The van der Waals surface area contributed by atoms with E-state index in [4.69, 9.17) is 11.6 Å². The molecule has 2 N–H and O–H groups in total. The molecule has 2 heterocycles. The lowest BCUT2D eigenvalue weighted by Crippen LogP contribution is -2.08. The summed E-state index contributed by atoms with van der Waals surface area (Å²) >= 11 is 5.96. The molecule has 0 aliphatic carbocycles. The van der Waals surface area contributed by atoms with Crippen LogP contribution in [-0.4, -0.2) is 15.0 Å². The number of anilines is 1. The highest BCUT2D eigenvalue weighted by Gasteiger charge is 2.12. The van der Waals surface area contributed by atoms with Crippen LogP contribution in [-0.2, 0) is 5.88 Å². The van der Waals surface area contributed by atoms with E-state index in [0.29, 0.717) is 5.88 Å². The molecule has 2 aromatic carbocycles. The summed E-state index contributed by atoms with van der Waals surface area (Å²) < 4.78 is 0. The molecule has 4 rings (SSSR count). The van der Waals surface area contributed by atoms with Gasteiger partial charge in [0.2, 0.25) is 0 Å². The number of hydrogen-bond acceptors (Lipinski definition) is 3. The first-order valence-electron chi connectivity index (χ1n) is 8.55. The lowest BCUT2D eigenvalue weighted by atomic mass is 10.1. The number of H-pyrrole nitrogens is 1. The molecular weight excluding hydrogens is 344 g/mol. The van der Waals surface area contributed by atoms with Gasteiger partial charge in [-0.3, -0.25) is 0 Å². The number of fused-ring (bicyclic) bond motifs is 1. The molecule has 4 aromatic rings. The number of rotatable bonds is 5. The number of alkyl halides is 1. The van der Waals surface area contributed by atoms with Crippen LogP contribution in [0.5, 0.6) is 0 Å². The molecule has 0 spiro atoms. The van der Waals surface area contributed by atoms with Crippen molar-refractivity contribution < 1.29 is 0 Å². The maximum absolute atomic E-state index is 5.96. The van der Waals surface area contributed by atoms with Crippen LogP contribution in [0.25, 0.3) is 22.3 Å². The molecule has 26 heavy (non-hydrogen) atoms. The van der Waals surface area contributed by atoms with Crippen molar-refractivity contribution in [2.75, 3.05) is 5.32 Å². The van der Waals surface area contributed by atoms with Crippen molar-refractivity contribution in [3.63, 3.8) is 0 Å². The normalized spacial score (nSPS) is 12.2. The third-order valence-corrected chi connectivity index (χ3v) is 4.78. The number of benzene rings is 2. The second-order valence-corrected chi connectivity index (χ2v) is 6.55. The van der Waals surface area contributed by atoms with E-state index in [0.717, 1.165) is 33.7 Å². The van der Waals surface area contributed by atoms with E-state index < -0.39 is 0 Å². The van der Waals surface area contributed by atoms with E-state index in [-0.39, 0.29) is 6.04 Å². The van der Waals surface area contributed by atoms with Crippen molar-refractivity contribution in [3.8, 4) is 11.3 Å². The third-order valence-electron chi connectivity index (χ3n) is 4.47. The van der Waals surface area contributed by atoms with Gasteiger partial charge in [0, 0.05) is 17.6 Å². The Labute approximate surface area is 157 Å². The second-order valence-electron chi connectivity index (χ2n) is 6.28. The van der Waals surface area contributed by atoms with Crippen LogP contribution in [0.2, 0.25) is 0 Å². The summed E-state index contributed by atoms with van der Waals surface area (Å²) in [5.74, 6) is 1.32. The van der Waals surface area contributed by atoms with Crippen LogP contribution in [0.15, 0.2) is 67.0 Å². The van der Waals surface area contributed by atoms with Gasteiger partial charge < -0.3 is 10.3 Å². The summed E-state index contributed by atoms with van der Waals surface area (Å²) in [6.45, 7) is 2.13. The quantitative estimate of drug-likeness (QED) is 0.458. The molecule has 0 fully saturated rings. The molecule has 1 atom stereocenters. The Morgan fingerprint density at radius 2 is 1.88 bits per heavy atom. The molecule has 5 heteroatoms. The maximum atomic E-state index is 5.96. The average Bonchev–Trinajstić information content (AvgIpc) is 3.14. The van der Waals surface area contributed by atoms with Crippen molar-refractivity contribution >= 4 is 28.5 Å². The zero-order valence-electron chi connectivity index (χ0n) is 14.4. The highest BCUT2D eigenvalue weighted by atomic mass is 35.5. The number of halogens is 1. The largest absolute Gasteiger partial charge is 0.363 e. The fourth-order valence-electron chi connectivity index (χ4n) is 3.06. The van der Waals surface area contributed by atoms with Gasteiger partial charge in [0.05, 0.1) is 5.39 Å². The lowest BCUT2D eigenvalue weighted by Gasteiger charge is -2.15. The number of nitrogens with zero attached hydrogens (tertiary/aromatic N) is 2. The average molecular weight is 363 g/mol. The highest BCUT2D eigenvalue weighted by Crippen LogP contribution is 2.29. The van der Waals surface area contributed by atoms with Gasteiger partial charge in [0.15, 0.2) is 0 Å². The molecule has 0 saturated heterocycles. The standard InChI is InChI=1S/C21H19ClN4/c1-14(16-7-3-2-4-8-16)25-20-18-11-19(26-21(18)24-13-23-20)17-9-5-6-15(10-17)12-22/h2-11,13-14H,12H2,1H3,(H2,23,24,25,26). The Kier molecular flexibility index (Phi) is 4.59. The van der Waals surface area contributed by atoms with E-state index in [1.807, 2.05) is 30.3 Å². The Morgan fingerprint density at radius 1 is 1.04 bits per heavy atom. The van der Waals surface area contributed by atoms with Crippen molar-refractivity contribution in [1.82, 2.24) is 15.0 Å². The van der Waals surface area contributed by atoms with Crippen LogP contribution < -0.4 is 5.32 Å². The van der Waals surface area contributed by atoms with Gasteiger partial charge >= 0.3 is 0 Å². The fourth-order valence-corrected chi connectivity index (χ4v) is 3.23. The van der Waals surface area contributed by atoms with Gasteiger partial charge in [-0.2, -0.15) is 0 Å². The molecule has 0 aliphatic heterocycles. The van der Waals surface area contributed by atoms with Crippen LogP contribution in [0.3, 0.4) is 0 Å². The lowest BCUT2D eigenvalue weighted by molar-refractivity contribution is 0.876. The number of hydrogen-bond donors (Lipinski definition) is 2. The summed E-state index contributed by atoms with van der Waals surface area (Å²) in [5, 5.41) is 4.47. The van der Waals surface area contributed by atoms with E-state index in [9.17, 15) is 0 Å². The molecule has 1 unspecified atom stereocenters. The minimum atomic E-state index is 0.146. The molecule has 0 radical (unpaired) electrons. The SMILES string of the molecule is CC(Nc1ncnc2[nH]c(-c3cccc(CCl)c3)cc12)c1ccccc1. The van der Waals surface area contributed by atoms with E-state index in [2.05, 4.69) is 57.5 Å². The van der Waals surface area contributed by atoms with Gasteiger partial charge in [0.1, 0.15) is 17.8 Å². The van der Waals surface area contributed by atoms with E-state index in [1.54, 1.807) is 6.33 Å². The minimum absolute atomic E-state index is 0.146. The van der Waals surface area contributed by atoms with Crippen molar-refractivity contribution in [2.24, 2.45) is 0 Å². The second kappa shape index (κ2) is 7.18. The Balaban J connectivity index is 1.69. The summed E-state index contributed by atoms with van der Waals surface area (Å²) in [6.07, 6.45) is 1.58.